The molecule has 4 saturated heterocycles. The van der Waals surface area contributed by atoms with Crippen molar-refractivity contribution >= 4 is 47.3 Å². The fraction of sp³-hybridized carbons (Fsp3) is 0.547. The molecule has 99 heavy (non-hydrogen) atoms. The molecule has 4 aromatic carbocycles. The average molecular weight is 1360 g/mol. The van der Waals surface area contributed by atoms with Gasteiger partial charge in [-0.1, -0.05) is 147 Å². The maximum absolute atomic E-state index is 14.9. The van der Waals surface area contributed by atoms with E-state index in [1.165, 1.54) is 5.56 Å². The molecule has 4 aliphatic heterocycles. The second-order valence-electron chi connectivity index (χ2n) is 26.4. The highest BCUT2D eigenvalue weighted by molar-refractivity contribution is 5.97. The lowest BCUT2D eigenvalue weighted by Gasteiger charge is -2.33. The van der Waals surface area contributed by atoms with Crippen LogP contribution in [0.25, 0.3) is 0 Å². The van der Waals surface area contributed by atoms with Crippen LogP contribution in [-0.4, -0.2) is 187 Å². The topological polar surface area (TPSA) is 298 Å². The van der Waals surface area contributed by atoms with Gasteiger partial charge >= 0.3 is 0 Å². The van der Waals surface area contributed by atoms with Crippen LogP contribution in [0, 0.1) is 11.8 Å². The zero-order valence-corrected chi connectivity index (χ0v) is 58.0. The second-order valence-corrected chi connectivity index (χ2v) is 26.4. The summed E-state index contributed by atoms with van der Waals surface area (Å²) >= 11 is 0. The van der Waals surface area contributed by atoms with Gasteiger partial charge in [-0.05, 0) is 126 Å². The predicted molar refractivity (Wildman–Crippen MR) is 374 cm³/mol. The SMILES string of the molecule is CC[C@H](NC)C(=O)NC1C(=O)N2[C@@H](CC[C@@H]1CCCCc1ccccc1)CC[C@H]2C(=O)N[C@H](C(=O)NCCOCCOCCOCCNC(=O)CCc1cn(C[C@H]2CC[C@H]3CC[C@@H](C(=O)NC(c4ccccc4)c4ccccc4)N3C(=O)[C@H]2NC(=O)[C@H](CC)NC)nn1)c1ccccc1. The molecule has 4 aliphatic rings. The Balaban J connectivity index is 0.662. The summed E-state index contributed by atoms with van der Waals surface area (Å²) in [6, 6.07) is 32.9. The van der Waals surface area contributed by atoms with E-state index in [2.05, 4.69) is 65.0 Å². The Bertz CT molecular complexity index is 3320. The number of aryl methyl sites for hydroxylation is 2. The van der Waals surface area contributed by atoms with Gasteiger partial charge in [-0.25, -0.2) is 0 Å². The van der Waals surface area contributed by atoms with Gasteiger partial charge in [-0.3, -0.25) is 43.0 Å². The van der Waals surface area contributed by atoms with E-state index in [9.17, 15) is 38.4 Å². The van der Waals surface area contributed by atoms with E-state index in [4.69, 9.17) is 14.2 Å². The standard InChI is InChI=1S/C75H103N13O11/c1-5-60(76-3)69(90)82-67-55(30-20-19-23-51-21-11-7-12-22-51)31-34-58-36-39-63(87(58)74(67)95)72(93)81-66(54-28-17-10-18-29-54)73(94)79-42-44-98-46-48-99-47-45-97-43-41-78-64(89)40-33-57-50-86(85-84-57)49-56-32-35-59-37-38-62(88(59)75(96)68(56)83-70(91)61(6-2)77-4)71(92)80-65(52-24-13-8-14-25-52)53-26-15-9-16-27-53/h7-18,21-22,24-29,50,55-56,58-63,65-68,76-77H,5-6,19-20,23,30-49H2,1-4H3,(H,78,89)(H,79,94)(H,80,92)(H,81,93)(H,82,90)(H,83,91)/t55-,56+,58-,59-,60-,61-,62-,63-,66-,67?,68-/m0/s1. The smallest absolute Gasteiger partial charge is 0.247 e. The van der Waals surface area contributed by atoms with Gasteiger partial charge in [0.2, 0.25) is 47.3 Å². The number of fused-ring (bicyclic) bond motifs is 2. The highest BCUT2D eigenvalue weighted by Gasteiger charge is 2.50. The summed E-state index contributed by atoms with van der Waals surface area (Å²) in [7, 11) is 3.45. The molecule has 0 saturated carbocycles. The van der Waals surface area contributed by atoms with Crippen molar-refractivity contribution in [3.63, 3.8) is 0 Å². The van der Waals surface area contributed by atoms with Crippen LogP contribution in [0.3, 0.4) is 0 Å². The van der Waals surface area contributed by atoms with Gasteiger partial charge in [0.25, 0.3) is 0 Å². The van der Waals surface area contributed by atoms with E-state index in [1.807, 2.05) is 98.8 Å². The third-order valence-corrected chi connectivity index (χ3v) is 19.9. The largest absolute Gasteiger partial charge is 0.377 e. The average Bonchev–Trinajstić information content (AvgIpc) is 1.65. The molecule has 24 heteroatoms. The summed E-state index contributed by atoms with van der Waals surface area (Å²) in [5.41, 5.74) is 4.31. The third-order valence-electron chi connectivity index (χ3n) is 19.9. The highest BCUT2D eigenvalue weighted by atomic mass is 16.5. The number of amides is 8. The third kappa shape index (κ3) is 21.1. The van der Waals surface area contributed by atoms with E-state index in [-0.39, 0.29) is 105 Å². The zero-order chi connectivity index (χ0) is 69.9. The quantitative estimate of drug-likeness (QED) is 0.0237. The molecular weight excluding hydrogens is 1260 g/mol. The van der Waals surface area contributed by atoms with E-state index < -0.39 is 60.1 Å². The molecule has 24 nitrogen and oxygen atoms in total. The lowest BCUT2D eigenvalue weighted by molar-refractivity contribution is -0.144. The Labute approximate surface area is 582 Å². The van der Waals surface area contributed by atoms with Crippen LogP contribution in [0.4, 0.5) is 0 Å². The minimum atomic E-state index is -1.03. The fourth-order valence-electron chi connectivity index (χ4n) is 14.5. The molecule has 0 radical (unpaired) electrons. The Morgan fingerprint density at radius 2 is 1.00 bits per heavy atom. The van der Waals surface area contributed by atoms with Crippen molar-refractivity contribution < 1.29 is 52.6 Å². The number of carbonyl (C=O) groups is 8. The van der Waals surface area contributed by atoms with Crippen molar-refractivity contribution in [3.8, 4) is 0 Å². The number of benzene rings is 4. The Kier molecular flexibility index (Phi) is 29.3. The molecule has 5 aromatic rings. The van der Waals surface area contributed by atoms with Crippen molar-refractivity contribution in [3.05, 3.63) is 155 Å². The van der Waals surface area contributed by atoms with Crippen LogP contribution >= 0.6 is 0 Å². The summed E-state index contributed by atoms with van der Waals surface area (Å²) in [6.07, 6.45) is 11.8. The van der Waals surface area contributed by atoms with Gasteiger partial charge in [0.05, 0.1) is 63.5 Å². The summed E-state index contributed by atoms with van der Waals surface area (Å²) < 4.78 is 18.8. The van der Waals surface area contributed by atoms with E-state index in [0.717, 1.165) is 49.7 Å². The predicted octanol–water partition coefficient (Wildman–Crippen LogP) is 5.17. The van der Waals surface area contributed by atoms with E-state index >= 15 is 0 Å². The molecule has 534 valence electrons. The van der Waals surface area contributed by atoms with Gasteiger partial charge < -0.3 is 66.5 Å². The number of hydrogen-bond acceptors (Lipinski definition) is 15. The summed E-state index contributed by atoms with van der Waals surface area (Å²) in [4.78, 5) is 116. The van der Waals surface area contributed by atoms with Gasteiger partial charge in [0, 0.05) is 56.7 Å². The maximum atomic E-state index is 14.9. The summed E-state index contributed by atoms with van der Waals surface area (Å²) in [5, 5.41) is 33.1. The Morgan fingerprint density at radius 3 is 1.54 bits per heavy atom. The summed E-state index contributed by atoms with van der Waals surface area (Å²) in [5.74, 6) is -2.77. The van der Waals surface area contributed by atoms with Gasteiger partial charge in [0.15, 0.2) is 0 Å². The Morgan fingerprint density at radius 1 is 0.525 bits per heavy atom. The molecule has 8 N–H and O–H groups in total. The van der Waals surface area contributed by atoms with Crippen LogP contribution in [-0.2, 0) is 72.0 Å². The first-order chi connectivity index (χ1) is 48.3. The number of ether oxygens (including phenoxy) is 3. The molecule has 0 bridgehead atoms. The van der Waals surface area contributed by atoms with Crippen LogP contribution in [0.2, 0.25) is 0 Å². The molecule has 8 amide bonds. The second kappa shape index (κ2) is 38.8. The first kappa shape index (κ1) is 74.8. The molecule has 1 aromatic heterocycles. The zero-order valence-electron chi connectivity index (χ0n) is 58.0. The van der Waals surface area contributed by atoms with Gasteiger partial charge in [-0.15, -0.1) is 5.10 Å². The van der Waals surface area contributed by atoms with Crippen LogP contribution < -0.4 is 42.5 Å². The van der Waals surface area contributed by atoms with Crippen LogP contribution in [0.5, 0.6) is 0 Å². The molecule has 5 heterocycles. The normalized spacial score (nSPS) is 21.5. The monoisotopic (exact) mass is 1360 g/mol. The molecule has 11 atom stereocenters. The summed E-state index contributed by atoms with van der Waals surface area (Å²) in [6.45, 7) is 6.17. The number of aromatic nitrogens is 3. The fourth-order valence-corrected chi connectivity index (χ4v) is 14.5. The van der Waals surface area contributed by atoms with Gasteiger partial charge in [0.1, 0.15) is 30.2 Å². The van der Waals surface area contributed by atoms with Crippen LogP contribution in [0.1, 0.15) is 144 Å². The number of hydrogen-bond donors (Lipinski definition) is 8. The van der Waals surface area contributed by atoms with Crippen molar-refractivity contribution in [1.29, 1.82) is 0 Å². The molecule has 9 rings (SSSR count). The van der Waals surface area contributed by atoms with Crippen molar-refractivity contribution in [2.24, 2.45) is 11.8 Å². The highest BCUT2D eigenvalue weighted by Crippen LogP contribution is 2.38. The van der Waals surface area contributed by atoms with Crippen LogP contribution in [0.15, 0.2) is 128 Å². The number of carbonyl (C=O) groups excluding carboxylic acids is 8. The van der Waals surface area contributed by atoms with Crippen molar-refractivity contribution in [2.75, 3.05) is 66.8 Å². The van der Waals surface area contributed by atoms with E-state index in [1.54, 1.807) is 59.0 Å². The number of nitrogens with zero attached hydrogens (tertiary/aromatic N) is 5. The van der Waals surface area contributed by atoms with Gasteiger partial charge in [-0.2, -0.15) is 0 Å². The minimum absolute atomic E-state index is 0.0885. The molecular formula is C75H103N13O11. The van der Waals surface area contributed by atoms with E-state index in [0.29, 0.717) is 88.8 Å². The lowest BCUT2D eigenvalue weighted by atomic mass is 9.88. The molecule has 0 aliphatic carbocycles. The van der Waals surface area contributed by atoms with Crippen molar-refractivity contribution in [1.82, 2.24) is 67.3 Å². The van der Waals surface area contributed by atoms with Crippen molar-refractivity contribution in [2.45, 2.75) is 184 Å². The first-order valence-corrected chi connectivity index (χ1v) is 35.8. The Hall–Kier alpha value is -8.42. The number of unbranched alkanes of at least 4 members (excludes halogenated alkanes) is 1. The number of likely N-dealkylation sites (N-methyl/N-ethyl adjacent to an activating group) is 2. The first-order valence-electron chi connectivity index (χ1n) is 35.8. The number of rotatable bonds is 38. The maximum Gasteiger partial charge on any atom is 0.247 e. The number of nitrogens with one attached hydrogen (secondary N) is 8. The minimum Gasteiger partial charge on any atom is -0.377 e. The molecule has 1 unspecified atom stereocenters. The molecule has 4 fully saturated rings. The lowest BCUT2D eigenvalue weighted by Crippen LogP contribution is -2.58. The molecule has 0 spiro atoms.